The molecule has 7 nitrogen and oxygen atoms in total. The van der Waals surface area contributed by atoms with E-state index in [1.165, 1.54) is 6.26 Å². The summed E-state index contributed by atoms with van der Waals surface area (Å²) in [6, 6.07) is 0. The lowest BCUT2D eigenvalue weighted by molar-refractivity contribution is 0.0374. The number of carbonyl (C=O) groups excluding carboxylic acids is 1. The molecule has 0 unspecified atom stereocenters. The molecule has 0 aliphatic carbocycles. The van der Waals surface area contributed by atoms with E-state index in [2.05, 4.69) is 20.5 Å². The fourth-order valence-electron chi connectivity index (χ4n) is 3.07. The SMILES string of the molecule is O=C(NCCCN1CCOCC1)c1coc(C2CCNCC2)n1. The van der Waals surface area contributed by atoms with Gasteiger partial charge in [-0.05, 0) is 38.9 Å². The molecule has 0 bridgehead atoms. The molecule has 2 aliphatic heterocycles. The minimum atomic E-state index is -0.143. The molecule has 23 heavy (non-hydrogen) atoms. The molecule has 2 N–H and O–H groups in total. The Balaban J connectivity index is 1.38. The van der Waals surface area contributed by atoms with E-state index in [-0.39, 0.29) is 5.91 Å². The Morgan fingerprint density at radius 2 is 2.13 bits per heavy atom. The second kappa shape index (κ2) is 8.42. The molecule has 0 radical (unpaired) electrons. The highest BCUT2D eigenvalue weighted by molar-refractivity contribution is 5.91. The number of morpholine rings is 1. The number of hydrogen-bond donors (Lipinski definition) is 2. The normalized spacial score (nSPS) is 20.5. The topological polar surface area (TPSA) is 79.6 Å². The van der Waals surface area contributed by atoms with E-state index >= 15 is 0 Å². The Hall–Kier alpha value is -1.44. The molecule has 0 aromatic carbocycles. The van der Waals surface area contributed by atoms with Crippen LogP contribution in [-0.2, 0) is 4.74 Å². The Morgan fingerprint density at radius 1 is 1.35 bits per heavy atom. The van der Waals surface area contributed by atoms with Gasteiger partial charge in [-0.1, -0.05) is 0 Å². The summed E-state index contributed by atoms with van der Waals surface area (Å²) in [5.74, 6) is 0.889. The molecule has 1 aromatic rings. The minimum absolute atomic E-state index is 0.143. The Bertz CT molecular complexity index is 493. The fraction of sp³-hybridized carbons (Fsp3) is 0.750. The summed E-state index contributed by atoms with van der Waals surface area (Å²) in [4.78, 5) is 18.8. The third kappa shape index (κ3) is 4.76. The lowest BCUT2D eigenvalue weighted by Gasteiger charge is -2.26. The maximum Gasteiger partial charge on any atom is 0.273 e. The number of rotatable bonds is 6. The van der Waals surface area contributed by atoms with Crippen molar-refractivity contribution in [2.75, 3.05) is 52.5 Å². The summed E-state index contributed by atoms with van der Waals surface area (Å²) in [7, 11) is 0. The smallest absolute Gasteiger partial charge is 0.273 e. The van der Waals surface area contributed by atoms with E-state index in [0.717, 1.165) is 65.2 Å². The molecule has 2 saturated heterocycles. The first kappa shape index (κ1) is 16.4. The van der Waals surface area contributed by atoms with Crippen LogP contribution in [0.15, 0.2) is 10.7 Å². The Labute approximate surface area is 136 Å². The van der Waals surface area contributed by atoms with Crippen molar-refractivity contribution in [3.05, 3.63) is 17.8 Å². The molecule has 1 aromatic heterocycles. The van der Waals surface area contributed by atoms with Gasteiger partial charge in [0.15, 0.2) is 11.6 Å². The number of ether oxygens (including phenoxy) is 1. The van der Waals surface area contributed by atoms with Crippen molar-refractivity contribution in [1.29, 1.82) is 0 Å². The summed E-state index contributed by atoms with van der Waals surface area (Å²) >= 11 is 0. The van der Waals surface area contributed by atoms with Crippen LogP contribution >= 0.6 is 0 Å². The van der Waals surface area contributed by atoms with Gasteiger partial charge in [-0.3, -0.25) is 9.69 Å². The van der Waals surface area contributed by atoms with Crippen LogP contribution in [0.2, 0.25) is 0 Å². The first-order valence-electron chi connectivity index (χ1n) is 8.57. The quantitative estimate of drug-likeness (QED) is 0.747. The summed E-state index contributed by atoms with van der Waals surface area (Å²) in [6.45, 7) is 7.20. The van der Waals surface area contributed by atoms with Gasteiger partial charge < -0.3 is 19.8 Å². The number of carbonyl (C=O) groups is 1. The maximum absolute atomic E-state index is 12.1. The van der Waals surface area contributed by atoms with Crippen molar-refractivity contribution in [3.8, 4) is 0 Å². The molecule has 2 fully saturated rings. The van der Waals surface area contributed by atoms with E-state index < -0.39 is 0 Å². The molecule has 0 spiro atoms. The second-order valence-electron chi connectivity index (χ2n) is 6.16. The number of aromatic nitrogens is 1. The molecule has 0 saturated carbocycles. The van der Waals surface area contributed by atoms with Crippen LogP contribution in [0.3, 0.4) is 0 Å². The number of nitrogens with zero attached hydrogens (tertiary/aromatic N) is 2. The van der Waals surface area contributed by atoms with Crippen LogP contribution in [0.1, 0.15) is 41.6 Å². The molecule has 3 heterocycles. The third-order valence-corrected chi connectivity index (χ3v) is 4.48. The van der Waals surface area contributed by atoms with Crippen molar-refractivity contribution >= 4 is 5.91 Å². The number of piperidine rings is 1. The highest BCUT2D eigenvalue weighted by Gasteiger charge is 2.21. The standard InChI is InChI=1S/C16H26N4O3/c21-15(18-4-1-7-20-8-10-22-11-9-20)14-12-23-16(19-14)13-2-5-17-6-3-13/h12-13,17H,1-11H2,(H,18,21). The zero-order chi connectivity index (χ0) is 15.9. The van der Waals surface area contributed by atoms with Crippen molar-refractivity contribution in [2.24, 2.45) is 0 Å². The van der Waals surface area contributed by atoms with Crippen molar-refractivity contribution < 1.29 is 13.9 Å². The van der Waals surface area contributed by atoms with Crippen molar-refractivity contribution in [2.45, 2.75) is 25.2 Å². The predicted octanol–water partition coefficient (Wildman–Crippen LogP) is 0.594. The van der Waals surface area contributed by atoms with Gasteiger partial charge in [0.1, 0.15) is 6.26 Å². The number of oxazole rings is 1. The Kier molecular flexibility index (Phi) is 6.01. The monoisotopic (exact) mass is 322 g/mol. The largest absolute Gasteiger partial charge is 0.448 e. The lowest BCUT2D eigenvalue weighted by Crippen LogP contribution is -2.38. The van der Waals surface area contributed by atoms with E-state index in [1.54, 1.807) is 0 Å². The van der Waals surface area contributed by atoms with Gasteiger partial charge in [0.05, 0.1) is 13.2 Å². The maximum atomic E-state index is 12.1. The molecule has 1 amide bonds. The lowest BCUT2D eigenvalue weighted by atomic mass is 9.98. The molecule has 0 atom stereocenters. The van der Waals surface area contributed by atoms with Crippen LogP contribution in [-0.4, -0.2) is 68.3 Å². The van der Waals surface area contributed by atoms with Crippen molar-refractivity contribution in [3.63, 3.8) is 0 Å². The molecule has 3 rings (SSSR count). The van der Waals surface area contributed by atoms with Gasteiger partial charge in [-0.25, -0.2) is 4.98 Å². The summed E-state index contributed by atoms with van der Waals surface area (Å²) in [6.07, 6.45) is 4.45. The molecular formula is C16H26N4O3. The Morgan fingerprint density at radius 3 is 2.91 bits per heavy atom. The van der Waals surface area contributed by atoms with Crippen LogP contribution < -0.4 is 10.6 Å². The van der Waals surface area contributed by atoms with Crippen molar-refractivity contribution in [1.82, 2.24) is 20.5 Å². The van der Waals surface area contributed by atoms with Gasteiger partial charge in [-0.2, -0.15) is 0 Å². The van der Waals surface area contributed by atoms with Gasteiger partial charge in [0.2, 0.25) is 0 Å². The molecular weight excluding hydrogens is 296 g/mol. The first-order chi connectivity index (χ1) is 11.3. The summed E-state index contributed by atoms with van der Waals surface area (Å²) in [5.41, 5.74) is 0.393. The minimum Gasteiger partial charge on any atom is -0.448 e. The van der Waals surface area contributed by atoms with Gasteiger partial charge in [0, 0.05) is 25.6 Å². The third-order valence-electron chi connectivity index (χ3n) is 4.48. The predicted molar refractivity (Wildman–Crippen MR) is 85.6 cm³/mol. The summed E-state index contributed by atoms with van der Waals surface area (Å²) in [5, 5.41) is 6.24. The highest BCUT2D eigenvalue weighted by atomic mass is 16.5. The zero-order valence-corrected chi connectivity index (χ0v) is 13.6. The number of hydrogen-bond acceptors (Lipinski definition) is 6. The van der Waals surface area contributed by atoms with E-state index in [0.29, 0.717) is 24.0 Å². The van der Waals surface area contributed by atoms with E-state index in [1.807, 2.05) is 0 Å². The van der Waals surface area contributed by atoms with Gasteiger partial charge in [-0.15, -0.1) is 0 Å². The van der Waals surface area contributed by atoms with Crippen LogP contribution in [0.4, 0.5) is 0 Å². The second-order valence-corrected chi connectivity index (χ2v) is 6.16. The van der Waals surface area contributed by atoms with E-state index in [4.69, 9.17) is 9.15 Å². The van der Waals surface area contributed by atoms with Crippen LogP contribution in [0, 0.1) is 0 Å². The van der Waals surface area contributed by atoms with E-state index in [9.17, 15) is 4.79 Å². The molecule has 7 heteroatoms. The van der Waals surface area contributed by atoms with Gasteiger partial charge >= 0.3 is 0 Å². The first-order valence-corrected chi connectivity index (χ1v) is 8.57. The number of amides is 1. The van der Waals surface area contributed by atoms with Gasteiger partial charge in [0.25, 0.3) is 5.91 Å². The average Bonchev–Trinajstić information content (AvgIpc) is 3.10. The average molecular weight is 322 g/mol. The fourth-order valence-corrected chi connectivity index (χ4v) is 3.07. The molecule has 128 valence electrons. The zero-order valence-electron chi connectivity index (χ0n) is 13.6. The number of nitrogens with one attached hydrogen (secondary N) is 2. The van der Waals surface area contributed by atoms with Crippen LogP contribution in [0.5, 0.6) is 0 Å². The molecule has 2 aliphatic rings. The highest BCUT2D eigenvalue weighted by Crippen LogP contribution is 2.24. The summed E-state index contributed by atoms with van der Waals surface area (Å²) < 4.78 is 10.8. The van der Waals surface area contributed by atoms with Crippen LogP contribution in [0.25, 0.3) is 0 Å².